The van der Waals surface area contributed by atoms with E-state index in [0.29, 0.717) is 17.9 Å². The van der Waals surface area contributed by atoms with Crippen molar-refractivity contribution in [2.45, 2.75) is 11.9 Å². The summed E-state index contributed by atoms with van der Waals surface area (Å²) in [6, 6.07) is 7.32. The van der Waals surface area contributed by atoms with Gasteiger partial charge < -0.3 is 10.1 Å². The number of nitrogens with zero attached hydrogens (tertiary/aromatic N) is 1. The summed E-state index contributed by atoms with van der Waals surface area (Å²) < 4.78 is 5.24. The molecular formula is C12H8N2O3S. The van der Waals surface area contributed by atoms with E-state index in [9.17, 15) is 9.59 Å². The molecule has 0 saturated carbocycles. The molecule has 0 aromatic heterocycles. The number of carbonyl (C=O) groups excluding carboxylic acids is 2. The Hall–Kier alpha value is -1.95. The average Bonchev–Trinajstić information content (AvgIpc) is 2.84. The number of para-hydroxylation sites is 1. The molecule has 1 atom stereocenters. The number of amides is 1. The summed E-state index contributed by atoms with van der Waals surface area (Å²) in [4.78, 5) is 26.0. The lowest BCUT2D eigenvalue weighted by molar-refractivity contribution is -0.136. The first kappa shape index (κ1) is 10.0. The fourth-order valence-electron chi connectivity index (χ4n) is 2.37. The Morgan fingerprint density at radius 3 is 3.06 bits per heavy atom. The maximum atomic E-state index is 11.9. The van der Waals surface area contributed by atoms with Gasteiger partial charge in [-0.05, 0) is 12.1 Å². The van der Waals surface area contributed by atoms with Crippen molar-refractivity contribution in [1.29, 1.82) is 0 Å². The van der Waals surface area contributed by atoms with Crippen LogP contribution in [-0.2, 0) is 9.53 Å². The van der Waals surface area contributed by atoms with Crippen molar-refractivity contribution >= 4 is 29.3 Å². The van der Waals surface area contributed by atoms with Crippen molar-refractivity contribution in [3.05, 3.63) is 40.6 Å². The zero-order chi connectivity index (χ0) is 12.3. The molecule has 1 unspecified atom stereocenters. The van der Waals surface area contributed by atoms with Crippen molar-refractivity contribution in [1.82, 2.24) is 5.32 Å². The van der Waals surface area contributed by atoms with Crippen LogP contribution in [0.1, 0.15) is 16.8 Å². The Labute approximate surface area is 107 Å². The standard InChI is InChI=1S/C12H8N2O3S/c15-9-5-8-11(17-9)14-7-4-2-1-3-6(7)10(16)13-12(14)18-8/h1-4,12H,5H2,(H,13,16). The number of hydrogen-bond donors (Lipinski definition) is 1. The fraction of sp³-hybridized carbons (Fsp3) is 0.167. The molecule has 1 N–H and O–H groups in total. The van der Waals surface area contributed by atoms with Gasteiger partial charge in [0.25, 0.3) is 5.91 Å². The number of esters is 1. The summed E-state index contributed by atoms with van der Waals surface area (Å²) in [6.45, 7) is 0. The molecule has 0 saturated heterocycles. The van der Waals surface area contributed by atoms with Gasteiger partial charge in [-0.1, -0.05) is 23.9 Å². The van der Waals surface area contributed by atoms with Gasteiger partial charge in [-0.25, -0.2) is 0 Å². The average molecular weight is 260 g/mol. The highest BCUT2D eigenvalue weighted by Gasteiger charge is 2.45. The molecule has 3 heterocycles. The molecule has 18 heavy (non-hydrogen) atoms. The molecule has 6 heteroatoms. The van der Waals surface area contributed by atoms with E-state index in [1.54, 1.807) is 6.07 Å². The van der Waals surface area contributed by atoms with Gasteiger partial charge in [0.1, 0.15) is 0 Å². The largest absolute Gasteiger partial charge is 0.408 e. The predicted octanol–water partition coefficient (Wildman–Crippen LogP) is 1.38. The maximum absolute atomic E-state index is 11.9. The van der Waals surface area contributed by atoms with Gasteiger partial charge in [-0.3, -0.25) is 14.5 Å². The molecule has 3 aliphatic rings. The van der Waals surface area contributed by atoms with Gasteiger partial charge in [0, 0.05) is 0 Å². The maximum Gasteiger partial charge on any atom is 0.317 e. The van der Waals surface area contributed by atoms with E-state index < -0.39 is 0 Å². The predicted molar refractivity (Wildman–Crippen MR) is 65.5 cm³/mol. The minimum absolute atomic E-state index is 0.0909. The van der Waals surface area contributed by atoms with E-state index in [0.717, 1.165) is 10.6 Å². The Morgan fingerprint density at radius 1 is 1.33 bits per heavy atom. The lowest BCUT2D eigenvalue weighted by atomic mass is 10.1. The summed E-state index contributed by atoms with van der Waals surface area (Å²) >= 11 is 1.46. The summed E-state index contributed by atoms with van der Waals surface area (Å²) in [5.41, 5.74) is 1.19. The summed E-state index contributed by atoms with van der Waals surface area (Å²) in [7, 11) is 0. The van der Waals surface area contributed by atoms with Crippen molar-refractivity contribution in [2.24, 2.45) is 0 Å². The second-order valence-corrected chi connectivity index (χ2v) is 5.39. The molecule has 0 bridgehead atoms. The van der Waals surface area contributed by atoms with Gasteiger partial charge >= 0.3 is 5.97 Å². The van der Waals surface area contributed by atoms with E-state index in [1.807, 2.05) is 23.1 Å². The number of carbonyl (C=O) groups is 2. The third-order valence-electron chi connectivity index (χ3n) is 3.12. The van der Waals surface area contributed by atoms with E-state index in [4.69, 9.17) is 4.74 Å². The van der Waals surface area contributed by atoms with Crippen molar-refractivity contribution in [3.8, 4) is 0 Å². The zero-order valence-electron chi connectivity index (χ0n) is 9.17. The molecule has 5 nitrogen and oxygen atoms in total. The highest BCUT2D eigenvalue weighted by Crippen LogP contribution is 2.47. The van der Waals surface area contributed by atoms with Gasteiger partial charge in [-0.15, -0.1) is 0 Å². The normalized spacial score (nSPS) is 24.4. The van der Waals surface area contributed by atoms with Crippen LogP contribution in [0.3, 0.4) is 0 Å². The zero-order valence-corrected chi connectivity index (χ0v) is 9.99. The highest BCUT2D eigenvalue weighted by atomic mass is 32.2. The van der Waals surface area contributed by atoms with Crippen LogP contribution in [0.2, 0.25) is 0 Å². The Balaban J connectivity index is 1.86. The summed E-state index contributed by atoms with van der Waals surface area (Å²) in [5, 5.41) is 2.89. The monoisotopic (exact) mass is 260 g/mol. The van der Waals surface area contributed by atoms with Gasteiger partial charge in [0.2, 0.25) is 5.88 Å². The van der Waals surface area contributed by atoms with E-state index in [-0.39, 0.29) is 17.4 Å². The molecule has 0 aliphatic carbocycles. The van der Waals surface area contributed by atoms with E-state index in [1.165, 1.54) is 11.8 Å². The lowest BCUT2D eigenvalue weighted by Gasteiger charge is -2.33. The van der Waals surface area contributed by atoms with Crippen molar-refractivity contribution < 1.29 is 14.3 Å². The molecular weight excluding hydrogens is 252 g/mol. The number of benzene rings is 1. The number of ether oxygens (including phenoxy) is 1. The van der Waals surface area contributed by atoms with Crippen LogP contribution in [0.5, 0.6) is 0 Å². The molecule has 1 amide bonds. The van der Waals surface area contributed by atoms with Crippen LogP contribution >= 0.6 is 11.8 Å². The number of rotatable bonds is 0. The minimum atomic E-state index is -0.236. The molecule has 1 aromatic rings. The summed E-state index contributed by atoms with van der Waals surface area (Å²) in [6.07, 6.45) is 0.297. The number of hydrogen-bond acceptors (Lipinski definition) is 5. The Kier molecular flexibility index (Phi) is 1.83. The van der Waals surface area contributed by atoms with E-state index >= 15 is 0 Å². The first-order valence-corrected chi connectivity index (χ1v) is 6.41. The van der Waals surface area contributed by atoms with Gasteiger partial charge in [0.15, 0.2) is 5.50 Å². The Morgan fingerprint density at radius 2 is 2.17 bits per heavy atom. The fourth-order valence-corrected chi connectivity index (χ4v) is 3.56. The van der Waals surface area contributed by atoms with Crippen LogP contribution in [0.15, 0.2) is 35.1 Å². The molecule has 0 radical (unpaired) electrons. The van der Waals surface area contributed by atoms with Crippen LogP contribution in [-0.4, -0.2) is 17.4 Å². The van der Waals surface area contributed by atoms with Crippen LogP contribution in [0, 0.1) is 0 Å². The van der Waals surface area contributed by atoms with Crippen LogP contribution < -0.4 is 10.2 Å². The molecule has 0 spiro atoms. The Bertz CT molecular complexity index is 626. The van der Waals surface area contributed by atoms with Crippen molar-refractivity contribution in [2.75, 3.05) is 4.90 Å². The quantitative estimate of drug-likeness (QED) is 0.714. The van der Waals surface area contributed by atoms with Gasteiger partial charge in [0.05, 0.1) is 22.6 Å². The second-order valence-electron chi connectivity index (χ2n) is 4.21. The SMILES string of the molecule is O=C1CC2=C(O1)N1c3ccccc3C(=O)NC1S2. The second kappa shape index (κ2) is 3.29. The third kappa shape index (κ3) is 1.18. The third-order valence-corrected chi connectivity index (χ3v) is 4.28. The molecule has 3 aliphatic heterocycles. The first-order chi connectivity index (χ1) is 8.74. The topological polar surface area (TPSA) is 58.6 Å². The number of anilines is 1. The molecule has 0 fully saturated rings. The minimum Gasteiger partial charge on any atom is -0.408 e. The summed E-state index contributed by atoms with van der Waals surface area (Å²) in [5.74, 6) is 0.245. The molecule has 4 rings (SSSR count). The van der Waals surface area contributed by atoms with Crippen molar-refractivity contribution in [3.63, 3.8) is 0 Å². The highest BCUT2D eigenvalue weighted by molar-refractivity contribution is 8.04. The molecule has 1 aromatic carbocycles. The van der Waals surface area contributed by atoms with E-state index in [2.05, 4.69) is 5.32 Å². The number of fused-ring (bicyclic) bond motifs is 4. The first-order valence-electron chi connectivity index (χ1n) is 5.53. The van der Waals surface area contributed by atoms with Crippen LogP contribution in [0.25, 0.3) is 0 Å². The van der Waals surface area contributed by atoms with Crippen LogP contribution in [0.4, 0.5) is 5.69 Å². The molecule has 90 valence electrons. The number of thioether (sulfide) groups is 1. The smallest absolute Gasteiger partial charge is 0.317 e. The van der Waals surface area contributed by atoms with Gasteiger partial charge in [-0.2, -0.15) is 0 Å². The number of nitrogens with one attached hydrogen (secondary N) is 1. The lowest BCUT2D eigenvalue weighted by Crippen LogP contribution is -2.48.